The number of halogens is 1. The Hall–Kier alpha value is -1.39. The summed E-state index contributed by atoms with van der Waals surface area (Å²) in [6.45, 7) is 0. The predicted octanol–water partition coefficient (Wildman–Crippen LogP) is 1.68. The Bertz CT molecular complexity index is 257. The summed E-state index contributed by atoms with van der Waals surface area (Å²) in [7, 11) is 0. The molecule has 5 heteroatoms. The van der Waals surface area contributed by atoms with Crippen LogP contribution in [-0.4, -0.2) is 10.0 Å². The molecule has 0 bridgehead atoms. The van der Waals surface area contributed by atoms with Gasteiger partial charge in [0.25, 0.3) is 0 Å². The van der Waals surface area contributed by atoms with Crippen LogP contribution in [0.2, 0.25) is 0 Å². The number of hydrogen-bond donors (Lipinski definition) is 1. The van der Waals surface area contributed by atoms with E-state index in [2.05, 4.69) is 0 Å². The maximum Gasteiger partial charge on any atom is 0.249 e. The highest BCUT2D eigenvalue weighted by Crippen LogP contribution is 2.22. The lowest BCUT2D eigenvalue weighted by molar-refractivity contribution is -0.428. The normalized spacial score (nSPS) is 18.1. The Balaban J connectivity index is 2.89. The van der Waals surface area contributed by atoms with Gasteiger partial charge in [0.05, 0.1) is 11.0 Å². The minimum Gasteiger partial charge on any atom is -0.509 e. The van der Waals surface area contributed by atoms with E-state index in [1.807, 2.05) is 0 Å². The molecule has 4 nitrogen and oxygen atoms in total. The van der Waals surface area contributed by atoms with Crippen LogP contribution in [0.5, 0.6) is 0 Å². The molecule has 0 aromatic heterocycles. The number of rotatable bonds is 1. The van der Waals surface area contributed by atoms with Crippen LogP contribution < -0.4 is 0 Å². The summed E-state index contributed by atoms with van der Waals surface area (Å²) in [6.07, 6.45) is 0.851. The summed E-state index contributed by atoms with van der Waals surface area (Å²) < 4.78 is 12.4. The molecule has 1 aliphatic carbocycles. The van der Waals surface area contributed by atoms with Gasteiger partial charge in [-0.15, -0.1) is 0 Å². The first kappa shape index (κ1) is 7.71. The molecule has 60 valence electrons. The lowest BCUT2D eigenvalue weighted by Gasteiger charge is -2.04. The zero-order chi connectivity index (χ0) is 8.43. The number of aliphatic hydroxyl groups excluding tert-OH is 1. The van der Waals surface area contributed by atoms with E-state index >= 15 is 0 Å². The van der Waals surface area contributed by atoms with E-state index in [0.717, 1.165) is 6.08 Å². The molecule has 0 unspecified atom stereocenters. The van der Waals surface area contributed by atoms with Crippen molar-refractivity contribution in [1.29, 1.82) is 0 Å². The lowest BCUT2D eigenvalue weighted by Crippen LogP contribution is -2.04. The van der Waals surface area contributed by atoms with Gasteiger partial charge in [0.2, 0.25) is 5.70 Å². The molecule has 0 aromatic carbocycles. The number of nitrogens with zero attached hydrogens (tertiary/aromatic N) is 1. The second-order valence-corrected chi connectivity index (χ2v) is 2.19. The standard InChI is InChI=1S/C6H6FNO3/c7-5-3-4(8(10)11)1-2-6(5)9/h3,9H,1-2H2. The van der Waals surface area contributed by atoms with E-state index in [-0.39, 0.29) is 18.5 Å². The van der Waals surface area contributed by atoms with Gasteiger partial charge in [-0.05, 0) is 0 Å². The van der Waals surface area contributed by atoms with Crippen molar-refractivity contribution in [2.75, 3.05) is 0 Å². The summed E-state index contributed by atoms with van der Waals surface area (Å²) in [4.78, 5) is 9.43. The monoisotopic (exact) mass is 159 g/mol. The predicted molar refractivity (Wildman–Crippen MR) is 35.1 cm³/mol. The van der Waals surface area contributed by atoms with E-state index in [9.17, 15) is 14.5 Å². The van der Waals surface area contributed by atoms with Crippen molar-refractivity contribution < 1.29 is 14.4 Å². The highest BCUT2D eigenvalue weighted by atomic mass is 19.1. The number of hydrogen-bond acceptors (Lipinski definition) is 3. The summed E-state index contributed by atoms with van der Waals surface area (Å²) in [5, 5.41) is 18.8. The van der Waals surface area contributed by atoms with Crippen LogP contribution in [-0.2, 0) is 0 Å². The first-order valence-corrected chi connectivity index (χ1v) is 3.04. The number of aliphatic hydroxyl groups is 1. The Kier molecular flexibility index (Phi) is 1.89. The highest BCUT2D eigenvalue weighted by Gasteiger charge is 2.19. The topological polar surface area (TPSA) is 63.4 Å². The van der Waals surface area contributed by atoms with Gasteiger partial charge < -0.3 is 5.11 Å². The van der Waals surface area contributed by atoms with Crippen LogP contribution in [0.25, 0.3) is 0 Å². The maximum atomic E-state index is 12.4. The fourth-order valence-corrected chi connectivity index (χ4v) is 0.812. The van der Waals surface area contributed by atoms with Crippen LogP contribution in [0.3, 0.4) is 0 Å². The molecule has 0 heterocycles. The lowest BCUT2D eigenvalue weighted by atomic mass is 10.1. The van der Waals surface area contributed by atoms with Crippen molar-refractivity contribution in [3.63, 3.8) is 0 Å². The third-order valence-electron chi connectivity index (χ3n) is 1.42. The van der Waals surface area contributed by atoms with Crippen LogP contribution in [0, 0.1) is 10.1 Å². The van der Waals surface area contributed by atoms with Gasteiger partial charge in [-0.3, -0.25) is 10.1 Å². The molecule has 0 fully saturated rings. The zero-order valence-electron chi connectivity index (χ0n) is 5.58. The molecule has 1 aliphatic rings. The molecular formula is C6H6FNO3. The molecule has 0 saturated carbocycles. The van der Waals surface area contributed by atoms with Crippen molar-refractivity contribution in [3.8, 4) is 0 Å². The third-order valence-corrected chi connectivity index (χ3v) is 1.42. The van der Waals surface area contributed by atoms with E-state index in [0.29, 0.717) is 0 Å². The second kappa shape index (κ2) is 2.69. The van der Waals surface area contributed by atoms with Gasteiger partial charge in [-0.2, -0.15) is 0 Å². The van der Waals surface area contributed by atoms with E-state index in [1.54, 1.807) is 0 Å². The average molecular weight is 159 g/mol. The molecule has 0 atom stereocenters. The van der Waals surface area contributed by atoms with Gasteiger partial charge in [0.15, 0.2) is 5.83 Å². The summed E-state index contributed by atoms with van der Waals surface area (Å²) >= 11 is 0. The van der Waals surface area contributed by atoms with E-state index in [1.165, 1.54) is 0 Å². The van der Waals surface area contributed by atoms with Crippen molar-refractivity contribution in [2.45, 2.75) is 12.8 Å². The molecule has 0 amide bonds. The van der Waals surface area contributed by atoms with Crippen molar-refractivity contribution in [1.82, 2.24) is 0 Å². The average Bonchev–Trinajstić information content (AvgIpc) is 1.94. The smallest absolute Gasteiger partial charge is 0.249 e. The molecular weight excluding hydrogens is 153 g/mol. The Morgan fingerprint density at radius 2 is 2.27 bits per heavy atom. The first-order chi connectivity index (χ1) is 5.11. The fourth-order valence-electron chi connectivity index (χ4n) is 0.812. The summed E-state index contributed by atoms with van der Waals surface area (Å²) in [6, 6.07) is 0. The van der Waals surface area contributed by atoms with Crippen LogP contribution in [0.1, 0.15) is 12.8 Å². The molecule has 0 aromatic rings. The summed E-state index contributed by atoms with van der Waals surface area (Å²) in [5.41, 5.74) is -0.194. The minimum absolute atomic E-state index is 0.0125. The highest BCUT2D eigenvalue weighted by molar-refractivity contribution is 5.22. The number of allylic oxidation sites excluding steroid dienone is 4. The second-order valence-electron chi connectivity index (χ2n) is 2.19. The third kappa shape index (κ3) is 1.54. The molecule has 0 aliphatic heterocycles. The van der Waals surface area contributed by atoms with Crippen molar-refractivity contribution >= 4 is 0 Å². The Morgan fingerprint density at radius 1 is 1.64 bits per heavy atom. The molecule has 1 N–H and O–H groups in total. The first-order valence-electron chi connectivity index (χ1n) is 3.04. The number of nitro groups is 1. The SMILES string of the molecule is O=[N+]([O-])C1=CC(F)=C(O)CC1. The van der Waals surface area contributed by atoms with Gasteiger partial charge in [0, 0.05) is 12.8 Å². The molecule has 11 heavy (non-hydrogen) atoms. The largest absolute Gasteiger partial charge is 0.509 e. The fraction of sp³-hybridized carbons (Fsp3) is 0.333. The van der Waals surface area contributed by atoms with E-state index < -0.39 is 16.5 Å². The summed E-state index contributed by atoms with van der Waals surface area (Å²) in [5.74, 6) is -1.31. The molecule has 0 spiro atoms. The maximum absolute atomic E-state index is 12.4. The van der Waals surface area contributed by atoms with Crippen LogP contribution in [0.15, 0.2) is 23.4 Å². The quantitative estimate of drug-likeness (QED) is 0.467. The van der Waals surface area contributed by atoms with E-state index in [4.69, 9.17) is 5.11 Å². The zero-order valence-corrected chi connectivity index (χ0v) is 5.58. The van der Waals surface area contributed by atoms with Crippen LogP contribution >= 0.6 is 0 Å². The molecule has 0 saturated heterocycles. The van der Waals surface area contributed by atoms with Crippen molar-refractivity contribution in [3.05, 3.63) is 33.5 Å². The van der Waals surface area contributed by atoms with Gasteiger partial charge >= 0.3 is 0 Å². The van der Waals surface area contributed by atoms with Gasteiger partial charge in [0.1, 0.15) is 5.76 Å². The van der Waals surface area contributed by atoms with Crippen LogP contribution in [0.4, 0.5) is 4.39 Å². The molecule has 1 rings (SSSR count). The van der Waals surface area contributed by atoms with Gasteiger partial charge in [-0.25, -0.2) is 4.39 Å². The Morgan fingerprint density at radius 3 is 2.73 bits per heavy atom. The van der Waals surface area contributed by atoms with Gasteiger partial charge in [-0.1, -0.05) is 0 Å². The molecule has 0 radical (unpaired) electrons. The Labute approximate surface area is 61.8 Å². The minimum atomic E-state index is -0.900. The van der Waals surface area contributed by atoms with Crippen molar-refractivity contribution in [2.24, 2.45) is 0 Å².